The van der Waals surface area contributed by atoms with Crippen molar-refractivity contribution in [3.8, 4) is 0 Å². The van der Waals surface area contributed by atoms with Gasteiger partial charge in [0.15, 0.2) is 0 Å². The Balaban J connectivity index is 2.78. The molecule has 0 radical (unpaired) electrons. The van der Waals surface area contributed by atoms with Crippen LogP contribution in [0.3, 0.4) is 0 Å². The van der Waals surface area contributed by atoms with E-state index in [1.165, 1.54) is 0 Å². The van der Waals surface area contributed by atoms with Gasteiger partial charge in [-0.3, -0.25) is 9.78 Å². The van der Waals surface area contributed by atoms with Crippen LogP contribution in [-0.2, 0) is 16.0 Å². The number of esters is 1. The van der Waals surface area contributed by atoms with E-state index in [-0.39, 0.29) is 5.97 Å². The van der Waals surface area contributed by atoms with E-state index in [9.17, 15) is 4.79 Å². The third-order valence-electron chi connectivity index (χ3n) is 2.32. The predicted octanol–water partition coefficient (Wildman–Crippen LogP) is 3.09. The average Bonchev–Trinajstić information content (AvgIpc) is 2.14. The molecule has 1 aromatic rings. The van der Waals surface area contributed by atoms with Gasteiger partial charge in [0.05, 0.1) is 6.42 Å². The smallest absolute Gasteiger partial charge is 0.310 e. The molecule has 3 heteroatoms. The molecule has 0 aliphatic heterocycles. The molecule has 0 bridgehead atoms. The molecule has 0 amide bonds. The zero-order valence-electron chi connectivity index (χ0n) is 11.3. The minimum atomic E-state index is -0.428. The van der Waals surface area contributed by atoms with Gasteiger partial charge in [0.2, 0.25) is 0 Å². The van der Waals surface area contributed by atoms with Crippen LogP contribution in [0.4, 0.5) is 0 Å². The van der Waals surface area contributed by atoms with Gasteiger partial charge in [-0.1, -0.05) is 13.8 Å². The summed E-state index contributed by atoms with van der Waals surface area (Å²) in [6.07, 6.45) is 3.85. The lowest BCUT2D eigenvalue weighted by atomic mass is 9.98. The number of rotatable bonds is 3. The summed E-state index contributed by atoms with van der Waals surface area (Å²) in [5, 5.41) is 0. The minimum absolute atomic E-state index is 0.189. The van der Waals surface area contributed by atoms with Gasteiger partial charge < -0.3 is 4.74 Å². The summed E-state index contributed by atoms with van der Waals surface area (Å²) in [4.78, 5) is 15.9. The first-order valence-electron chi connectivity index (χ1n) is 5.94. The highest BCUT2D eigenvalue weighted by molar-refractivity contribution is 5.73. The van der Waals surface area contributed by atoms with Gasteiger partial charge >= 0.3 is 5.97 Å². The number of carbonyl (C=O) groups is 1. The standard InChI is InChI=1S/C14H21NO2/c1-10(2)12-9-15-7-6-11(12)8-13(16)17-14(3,4)5/h6-7,9-10H,8H2,1-5H3. The number of hydrogen-bond acceptors (Lipinski definition) is 3. The van der Waals surface area contributed by atoms with Gasteiger partial charge in [0.1, 0.15) is 5.60 Å². The van der Waals surface area contributed by atoms with E-state index in [4.69, 9.17) is 4.74 Å². The monoisotopic (exact) mass is 235 g/mol. The van der Waals surface area contributed by atoms with Crippen LogP contribution in [0.1, 0.15) is 51.7 Å². The first-order chi connectivity index (χ1) is 7.79. The third kappa shape index (κ3) is 4.55. The lowest BCUT2D eigenvalue weighted by Crippen LogP contribution is -2.25. The van der Waals surface area contributed by atoms with Gasteiger partial charge in [0.25, 0.3) is 0 Å². The Labute approximate surface area is 103 Å². The van der Waals surface area contributed by atoms with E-state index >= 15 is 0 Å². The zero-order valence-corrected chi connectivity index (χ0v) is 11.3. The Morgan fingerprint density at radius 1 is 1.41 bits per heavy atom. The number of carbonyl (C=O) groups excluding carboxylic acids is 1. The second kappa shape index (κ2) is 5.30. The second-order valence-electron chi connectivity index (χ2n) is 5.49. The fourth-order valence-electron chi connectivity index (χ4n) is 1.65. The van der Waals surface area contributed by atoms with Crippen molar-refractivity contribution in [2.24, 2.45) is 0 Å². The molecule has 1 aromatic heterocycles. The van der Waals surface area contributed by atoms with Gasteiger partial charge in [0, 0.05) is 12.4 Å². The maximum absolute atomic E-state index is 11.8. The Bertz CT molecular complexity index is 391. The van der Waals surface area contributed by atoms with Gasteiger partial charge in [-0.2, -0.15) is 0 Å². The Morgan fingerprint density at radius 2 is 2.06 bits per heavy atom. The van der Waals surface area contributed by atoms with E-state index in [2.05, 4.69) is 18.8 Å². The van der Waals surface area contributed by atoms with Crippen molar-refractivity contribution in [2.75, 3.05) is 0 Å². The number of nitrogens with zero attached hydrogens (tertiary/aromatic N) is 1. The number of aromatic nitrogens is 1. The van der Waals surface area contributed by atoms with Crippen molar-refractivity contribution in [1.82, 2.24) is 4.98 Å². The lowest BCUT2D eigenvalue weighted by molar-refractivity contribution is -0.153. The number of pyridine rings is 1. The molecule has 0 aromatic carbocycles. The quantitative estimate of drug-likeness (QED) is 0.756. The van der Waals surface area contributed by atoms with Gasteiger partial charge in [-0.25, -0.2) is 0 Å². The van der Waals surface area contributed by atoms with E-state index in [0.717, 1.165) is 11.1 Å². The molecular formula is C14H21NO2. The first kappa shape index (κ1) is 13.7. The summed E-state index contributed by atoms with van der Waals surface area (Å²) in [7, 11) is 0. The van der Waals surface area contributed by atoms with Crippen LogP contribution in [0.15, 0.2) is 18.5 Å². The zero-order chi connectivity index (χ0) is 13.1. The molecule has 0 fully saturated rings. The predicted molar refractivity (Wildman–Crippen MR) is 67.9 cm³/mol. The van der Waals surface area contributed by atoms with Crippen LogP contribution in [0.5, 0.6) is 0 Å². The number of ether oxygens (including phenoxy) is 1. The van der Waals surface area contributed by atoms with Gasteiger partial charge in [-0.05, 0) is 43.9 Å². The van der Waals surface area contributed by atoms with Crippen molar-refractivity contribution in [1.29, 1.82) is 0 Å². The van der Waals surface area contributed by atoms with E-state index in [1.807, 2.05) is 33.0 Å². The second-order valence-corrected chi connectivity index (χ2v) is 5.49. The van der Waals surface area contributed by atoms with Crippen molar-refractivity contribution in [3.63, 3.8) is 0 Å². The van der Waals surface area contributed by atoms with E-state index in [0.29, 0.717) is 12.3 Å². The molecular weight excluding hydrogens is 214 g/mol. The summed E-state index contributed by atoms with van der Waals surface area (Å²) in [5.74, 6) is 0.173. The maximum Gasteiger partial charge on any atom is 0.310 e. The molecule has 0 atom stereocenters. The van der Waals surface area contributed by atoms with E-state index in [1.54, 1.807) is 6.20 Å². The van der Waals surface area contributed by atoms with Crippen LogP contribution >= 0.6 is 0 Å². The highest BCUT2D eigenvalue weighted by Gasteiger charge is 2.18. The molecule has 0 aliphatic rings. The topological polar surface area (TPSA) is 39.2 Å². The van der Waals surface area contributed by atoms with Crippen LogP contribution < -0.4 is 0 Å². The van der Waals surface area contributed by atoms with Crippen molar-refractivity contribution in [3.05, 3.63) is 29.6 Å². The summed E-state index contributed by atoms with van der Waals surface area (Å²) >= 11 is 0. The average molecular weight is 235 g/mol. The molecule has 0 saturated carbocycles. The number of hydrogen-bond donors (Lipinski definition) is 0. The summed E-state index contributed by atoms with van der Waals surface area (Å²) in [6, 6.07) is 1.89. The van der Waals surface area contributed by atoms with Crippen LogP contribution in [0, 0.1) is 0 Å². The molecule has 17 heavy (non-hydrogen) atoms. The van der Waals surface area contributed by atoms with Crippen molar-refractivity contribution >= 4 is 5.97 Å². The summed E-state index contributed by atoms with van der Waals surface area (Å²) in [5.41, 5.74) is 1.69. The Kier molecular flexibility index (Phi) is 4.27. The fourth-order valence-corrected chi connectivity index (χ4v) is 1.65. The normalized spacial score (nSPS) is 11.6. The fraction of sp³-hybridized carbons (Fsp3) is 0.571. The molecule has 0 saturated heterocycles. The molecule has 1 heterocycles. The molecule has 94 valence electrons. The minimum Gasteiger partial charge on any atom is -0.460 e. The van der Waals surface area contributed by atoms with Gasteiger partial charge in [-0.15, -0.1) is 0 Å². The molecule has 0 N–H and O–H groups in total. The van der Waals surface area contributed by atoms with Crippen LogP contribution in [0.2, 0.25) is 0 Å². The molecule has 0 spiro atoms. The molecule has 1 rings (SSSR count). The Morgan fingerprint density at radius 3 is 2.59 bits per heavy atom. The largest absolute Gasteiger partial charge is 0.460 e. The highest BCUT2D eigenvalue weighted by atomic mass is 16.6. The Hall–Kier alpha value is -1.38. The molecule has 0 unspecified atom stereocenters. The first-order valence-corrected chi connectivity index (χ1v) is 5.94. The lowest BCUT2D eigenvalue weighted by Gasteiger charge is -2.20. The van der Waals surface area contributed by atoms with Crippen molar-refractivity contribution in [2.45, 2.75) is 52.6 Å². The highest BCUT2D eigenvalue weighted by Crippen LogP contribution is 2.19. The summed E-state index contributed by atoms with van der Waals surface area (Å²) in [6.45, 7) is 9.81. The SMILES string of the molecule is CC(C)c1cnccc1CC(=O)OC(C)(C)C. The molecule has 0 aliphatic carbocycles. The molecule has 3 nitrogen and oxygen atoms in total. The maximum atomic E-state index is 11.8. The summed E-state index contributed by atoms with van der Waals surface area (Å²) < 4.78 is 5.32. The van der Waals surface area contributed by atoms with Crippen LogP contribution in [-0.4, -0.2) is 16.6 Å². The van der Waals surface area contributed by atoms with Crippen molar-refractivity contribution < 1.29 is 9.53 Å². The van der Waals surface area contributed by atoms with Crippen LogP contribution in [0.25, 0.3) is 0 Å². The third-order valence-corrected chi connectivity index (χ3v) is 2.32. The van der Waals surface area contributed by atoms with E-state index < -0.39 is 5.60 Å².